The van der Waals surface area contributed by atoms with Gasteiger partial charge in [0.15, 0.2) is 0 Å². The molecule has 0 saturated carbocycles. The van der Waals surface area contributed by atoms with Crippen LogP contribution >= 0.6 is 0 Å². The summed E-state index contributed by atoms with van der Waals surface area (Å²) in [7, 11) is 1.64. The van der Waals surface area contributed by atoms with Crippen molar-refractivity contribution in [1.29, 1.82) is 0 Å². The van der Waals surface area contributed by atoms with E-state index in [9.17, 15) is 5.11 Å². The Morgan fingerprint density at radius 1 is 1.29 bits per heavy atom. The molecule has 2 unspecified atom stereocenters. The molecule has 0 spiro atoms. The Morgan fingerprint density at radius 2 is 2.05 bits per heavy atom. The van der Waals surface area contributed by atoms with Gasteiger partial charge >= 0.3 is 0 Å². The maximum absolute atomic E-state index is 10.4. The highest BCUT2D eigenvalue weighted by Gasteiger charge is 2.36. The Labute approximate surface area is 128 Å². The fourth-order valence-electron chi connectivity index (χ4n) is 3.09. The van der Waals surface area contributed by atoms with Crippen molar-refractivity contribution in [3.05, 3.63) is 23.8 Å². The largest absolute Gasteiger partial charge is 0.497 e. The van der Waals surface area contributed by atoms with Gasteiger partial charge in [-0.3, -0.25) is 0 Å². The second-order valence-corrected chi connectivity index (χ2v) is 6.34. The van der Waals surface area contributed by atoms with Crippen molar-refractivity contribution < 1.29 is 14.6 Å². The van der Waals surface area contributed by atoms with Gasteiger partial charge in [-0.25, -0.2) is 0 Å². The van der Waals surface area contributed by atoms with Crippen LogP contribution in [0.15, 0.2) is 18.2 Å². The molecule has 1 aromatic carbocycles. The van der Waals surface area contributed by atoms with Gasteiger partial charge in [-0.05, 0) is 38.0 Å². The van der Waals surface area contributed by atoms with Crippen LogP contribution in [-0.2, 0) is 0 Å². The molecule has 3 nitrogen and oxygen atoms in total. The molecule has 0 aliphatic carbocycles. The molecule has 0 bridgehead atoms. The lowest BCUT2D eigenvalue weighted by Crippen LogP contribution is -2.38. The van der Waals surface area contributed by atoms with Gasteiger partial charge in [0.2, 0.25) is 0 Å². The molecule has 118 valence electrons. The molecule has 1 N–H and O–H groups in total. The van der Waals surface area contributed by atoms with Crippen molar-refractivity contribution >= 4 is 0 Å². The number of hydrogen-bond acceptors (Lipinski definition) is 3. The number of rotatable bonds is 7. The normalized spacial score (nSPS) is 24.3. The minimum Gasteiger partial charge on any atom is -0.497 e. The maximum Gasteiger partial charge on any atom is 0.126 e. The maximum atomic E-state index is 10.4. The monoisotopic (exact) mass is 292 g/mol. The Hall–Kier alpha value is -1.22. The van der Waals surface area contributed by atoms with E-state index < -0.39 is 6.10 Å². The van der Waals surface area contributed by atoms with E-state index in [0.717, 1.165) is 29.9 Å². The summed E-state index contributed by atoms with van der Waals surface area (Å²) in [5, 5.41) is 10.4. The van der Waals surface area contributed by atoms with Crippen LogP contribution in [0.3, 0.4) is 0 Å². The van der Waals surface area contributed by atoms with Gasteiger partial charge in [-0.2, -0.15) is 0 Å². The molecule has 1 aromatic rings. The third-order valence-corrected chi connectivity index (χ3v) is 4.37. The SMILES string of the molecule is CCCCCCCC1(C)CC(O)c2cc(OC)ccc2O1. The number of benzene rings is 1. The molecule has 0 saturated heterocycles. The number of aliphatic hydroxyl groups excluding tert-OH is 1. The summed E-state index contributed by atoms with van der Waals surface area (Å²) >= 11 is 0. The van der Waals surface area contributed by atoms with Crippen LogP contribution in [0.5, 0.6) is 11.5 Å². The average molecular weight is 292 g/mol. The molecule has 1 aliphatic rings. The lowest BCUT2D eigenvalue weighted by atomic mass is 9.86. The van der Waals surface area contributed by atoms with Crippen molar-refractivity contribution in [3.8, 4) is 11.5 Å². The fourth-order valence-corrected chi connectivity index (χ4v) is 3.09. The minimum absolute atomic E-state index is 0.257. The van der Waals surface area contributed by atoms with Gasteiger partial charge in [0, 0.05) is 12.0 Å². The number of methoxy groups -OCH3 is 1. The second-order valence-electron chi connectivity index (χ2n) is 6.34. The highest BCUT2D eigenvalue weighted by atomic mass is 16.5. The molecule has 0 aromatic heterocycles. The molecule has 0 fully saturated rings. The molecule has 2 atom stereocenters. The van der Waals surface area contributed by atoms with Crippen molar-refractivity contribution in [2.75, 3.05) is 7.11 Å². The third-order valence-electron chi connectivity index (χ3n) is 4.37. The average Bonchev–Trinajstić information content (AvgIpc) is 2.46. The zero-order valence-corrected chi connectivity index (χ0v) is 13.5. The summed E-state index contributed by atoms with van der Waals surface area (Å²) in [6, 6.07) is 5.67. The molecule has 1 heterocycles. The van der Waals surface area contributed by atoms with E-state index in [-0.39, 0.29) is 5.60 Å². The third kappa shape index (κ3) is 4.13. The first-order chi connectivity index (χ1) is 10.1. The second kappa shape index (κ2) is 7.17. The summed E-state index contributed by atoms with van der Waals surface area (Å²) in [6.45, 7) is 4.34. The van der Waals surface area contributed by atoms with E-state index in [2.05, 4.69) is 13.8 Å². The first-order valence-corrected chi connectivity index (χ1v) is 8.13. The van der Waals surface area contributed by atoms with E-state index in [1.165, 1.54) is 25.7 Å². The summed E-state index contributed by atoms with van der Waals surface area (Å²) in [6.07, 6.45) is 7.46. The van der Waals surface area contributed by atoms with Gasteiger partial charge in [-0.1, -0.05) is 32.6 Å². The van der Waals surface area contributed by atoms with Crippen LogP contribution < -0.4 is 9.47 Å². The molecule has 1 aliphatic heterocycles. The summed E-state index contributed by atoms with van der Waals surface area (Å²) in [5.41, 5.74) is 0.588. The number of hydrogen-bond donors (Lipinski definition) is 1. The first kappa shape index (κ1) is 16.2. The van der Waals surface area contributed by atoms with Crippen molar-refractivity contribution in [1.82, 2.24) is 0 Å². The topological polar surface area (TPSA) is 38.7 Å². The lowest BCUT2D eigenvalue weighted by molar-refractivity contribution is -0.00865. The predicted octanol–water partition coefficient (Wildman–Crippen LogP) is 4.63. The Bertz CT molecular complexity index is 458. The molecule has 0 radical (unpaired) electrons. The van der Waals surface area contributed by atoms with E-state index in [4.69, 9.17) is 9.47 Å². The number of unbranched alkanes of at least 4 members (excludes halogenated alkanes) is 4. The predicted molar refractivity (Wildman–Crippen MR) is 85.0 cm³/mol. The smallest absolute Gasteiger partial charge is 0.126 e. The number of fused-ring (bicyclic) bond motifs is 1. The van der Waals surface area contributed by atoms with Crippen LogP contribution in [0.2, 0.25) is 0 Å². The molecule has 21 heavy (non-hydrogen) atoms. The molecule has 2 rings (SSSR count). The highest BCUT2D eigenvalue weighted by Crippen LogP contribution is 2.43. The highest BCUT2D eigenvalue weighted by molar-refractivity contribution is 5.43. The van der Waals surface area contributed by atoms with E-state index in [0.29, 0.717) is 6.42 Å². The van der Waals surface area contributed by atoms with Crippen LogP contribution in [0.25, 0.3) is 0 Å². The van der Waals surface area contributed by atoms with Gasteiger partial charge in [0.05, 0.1) is 13.2 Å². The van der Waals surface area contributed by atoms with Crippen LogP contribution in [0.1, 0.15) is 70.5 Å². The summed E-state index contributed by atoms with van der Waals surface area (Å²) in [5.74, 6) is 1.56. The van der Waals surface area contributed by atoms with Crippen LogP contribution in [0, 0.1) is 0 Å². The van der Waals surface area contributed by atoms with Gasteiger partial charge < -0.3 is 14.6 Å². The Kier molecular flexibility index (Phi) is 5.51. The molecular weight excluding hydrogens is 264 g/mol. The van der Waals surface area contributed by atoms with E-state index in [1.807, 2.05) is 18.2 Å². The van der Waals surface area contributed by atoms with Crippen molar-refractivity contribution in [2.24, 2.45) is 0 Å². The van der Waals surface area contributed by atoms with Gasteiger partial charge in [0.25, 0.3) is 0 Å². The minimum atomic E-state index is -0.468. The summed E-state index contributed by atoms with van der Waals surface area (Å²) < 4.78 is 11.4. The van der Waals surface area contributed by atoms with Gasteiger partial charge in [0.1, 0.15) is 17.1 Å². The van der Waals surface area contributed by atoms with Crippen molar-refractivity contribution in [3.63, 3.8) is 0 Å². The molecule has 0 amide bonds. The van der Waals surface area contributed by atoms with Gasteiger partial charge in [-0.15, -0.1) is 0 Å². The van der Waals surface area contributed by atoms with Crippen molar-refractivity contribution in [2.45, 2.75) is 70.5 Å². The fraction of sp³-hybridized carbons (Fsp3) is 0.667. The standard InChI is InChI=1S/C18H28O3/c1-4-5-6-7-8-11-18(2)13-16(19)15-12-14(20-3)9-10-17(15)21-18/h9-10,12,16,19H,4-8,11,13H2,1-3H3. The Morgan fingerprint density at radius 3 is 2.76 bits per heavy atom. The first-order valence-electron chi connectivity index (χ1n) is 8.13. The zero-order valence-electron chi connectivity index (χ0n) is 13.5. The van der Waals surface area contributed by atoms with E-state index in [1.54, 1.807) is 7.11 Å². The van der Waals surface area contributed by atoms with Crippen LogP contribution in [0.4, 0.5) is 0 Å². The summed E-state index contributed by atoms with van der Waals surface area (Å²) in [4.78, 5) is 0. The quantitative estimate of drug-likeness (QED) is 0.745. The Balaban J connectivity index is 1.98. The van der Waals surface area contributed by atoms with E-state index >= 15 is 0 Å². The molecular formula is C18H28O3. The number of ether oxygens (including phenoxy) is 2. The number of aliphatic hydroxyl groups is 1. The van der Waals surface area contributed by atoms with Crippen LogP contribution in [-0.4, -0.2) is 17.8 Å². The zero-order chi connectivity index (χ0) is 15.3. The lowest BCUT2D eigenvalue weighted by Gasteiger charge is -2.38. The molecule has 3 heteroatoms.